The van der Waals surface area contributed by atoms with Crippen LogP contribution in [0.15, 0.2) is 0 Å². The number of hydrogen-bond donors (Lipinski definition) is 1. The lowest BCUT2D eigenvalue weighted by Gasteiger charge is -2.29. The van der Waals surface area contributed by atoms with E-state index in [0.29, 0.717) is 16.4 Å². The van der Waals surface area contributed by atoms with Crippen LogP contribution in [0.1, 0.15) is 41.0 Å². The Balaban J connectivity index is 4.04. The summed E-state index contributed by atoms with van der Waals surface area (Å²) in [6, 6.07) is 0.513. The van der Waals surface area contributed by atoms with Crippen LogP contribution >= 0.6 is 12.2 Å². The van der Waals surface area contributed by atoms with Crippen molar-refractivity contribution in [2.75, 3.05) is 13.1 Å². The van der Waals surface area contributed by atoms with Gasteiger partial charge in [0.1, 0.15) is 0 Å². The molecule has 14 heavy (non-hydrogen) atoms. The fraction of sp³-hybridized carbons (Fsp3) is 0.909. The zero-order valence-electron chi connectivity index (χ0n) is 10.1. The van der Waals surface area contributed by atoms with Crippen LogP contribution < -0.4 is 5.73 Å². The largest absolute Gasteiger partial charge is 0.392 e. The fourth-order valence-corrected chi connectivity index (χ4v) is 1.36. The first-order chi connectivity index (χ1) is 6.22. The maximum Gasteiger partial charge on any atom is 0.0870 e. The second-order valence-electron chi connectivity index (χ2n) is 5.34. The molecule has 2 N–H and O–H groups in total. The van der Waals surface area contributed by atoms with Gasteiger partial charge in [-0.15, -0.1) is 0 Å². The Labute approximate surface area is 93.8 Å². The summed E-state index contributed by atoms with van der Waals surface area (Å²) in [5.74, 6) is 0. The third kappa shape index (κ3) is 7.27. The Morgan fingerprint density at radius 3 is 2.14 bits per heavy atom. The van der Waals surface area contributed by atoms with Crippen LogP contribution in [0.5, 0.6) is 0 Å². The first-order valence-electron chi connectivity index (χ1n) is 5.25. The van der Waals surface area contributed by atoms with Gasteiger partial charge in [0.05, 0.1) is 4.99 Å². The predicted octanol–water partition coefficient (Wildman–Crippen LogP) is 2.42. The van der Waals surface area contributed by atoms with E-state index in [1.165, 1.54) is 6.42 Å². The van der Waals surface area contributed by atoms with Crippen molar-refractivity contribution < 1.29 is 0 Å². The Hall–Kier alpha value is -0.150. The highest BCUT2D eigenvalue weighted by atomic mass is 32.1. The predicted molar refractivity (Wildman–Crippen MR) is 67.6 cm³/mol. The van der Waals surface area contributed by atoms with Gasteiger partial charge in [0, 0.05) is 12.6 Å². The van der Waals surface area contributed by atoms with Crippen LogP contribution in [-0.4, -0.2) is 29.0 Å². The molecule has 0 atom stereocenters. The number of nitrogens with two attached hydrogens (primary N) is 1. The van der Waals surface area contributed by atoms with Crippen molar-refractivity contribution in [2.24, 2.45) is 11.1 Å². The molecule has 0 radical (unpaired) electrons. The van der Waals surface area contributed by atoms with Crippen molar-refractivity contribution in [3.8, 4) is 0 Å². The minimum Gasteiger partial charge on any atom is -0.392 e. The molecule has 0 spiro atoms. The van der Waals surface area contributed by atoms with Gasteiger partial charge in [0.25, 0.3) is 0 Å². The highest BCUT2D eigenvalue weighted by Crippen LogP contribution is 2.19. The van der Waals surface area contributed by atoms with E-state index >= 15 is 0 Å². The summed E-state index contributed by atoms with van der Waals surface area (Å²) in [6.45, 7) is 12.9. The van der Waals surface area contributed by atoms with Crippen molar-refractivity contribution in [2.45, 2.75) is 47.1 Å². The van der Waals surface area contributed by atoms with Crippen LogP contribution in [0.25, 0.3) is 0 Å². The van der Waals surface area contributed by atoms with Gasteiger partial charge in [-0.2, -0.15) is 0 Å². The van der Waals surface area contributed by atoms with Gasteiger partial charge in [0.15, 0.2) is 0 Å². The van der Waals surface area contributed by atoms with Crippen molar-refractivity contribution >= 4 is 17.2 Å². The second kappa shape index (κ2) is 5.66. The van der Waals surface area contributed by atoms with E-state index in [-0.39, 0.29) is 0 Å². The molecular formula is C11H24N2S. The van der Waals surface area contributed by atoms with Crippen LogP contribution in [-0.2, 0) is 0 Å². The Morgan fingerprint density at radius 1 is 1.36 bits per heavy atom. The second-order valence-corrected chi connectivity index (χ2v) is 5.87. The molecule has 0 aromatic heterocycles. The van der Waals surface area contributed by atoms with Gasteiger partial charge in [-0.05, 0) is 32.2 Å². The third-order valence-electron chi connectivity index (χ3n) is 2.24. The lowest BCUT2D eigenvalue weighted by atomic mass is 9.92. The highest BCUT2D eigenvalue weighted by molar-refractivity contribution is 7.80. The van der Waals surface area contributed by atoms with Crippen LogP contribution in [0.4, 0.5) is 0 Å². The van der Waals surface area contributed by atoms with E-state index in [4.69, 9.17) is 18.0 Å². The third-order valence-corrected chi connectivity index (χ3v) is 2.37. The zero-order valence-corrected chi connectivity index (χ0v) is 10.9. The van der Waals surface area contributed by atoms with Crippen molar-refractivity contribution in [3.05, 3.63) is 0 Å². The van der Waals surface area contributed by atoms with Crippen molar-refractivity contribution in [3.63, 3.8) is 0 Å². The van der Waals surface area contributed by atoms with Crippen LogP contribution in [0, 0.1) is 5.41 Å². The Morgan fingerprint density at radius 2 is 1.86 bits per heavy atom. The summed E-state index contributed by atoms with van der Waals surface area (Å²) in [5.41, 5.74) is 5.94. The molecule has 0 aliphatic heterocycles. The summed E-state index contributed by atoms with van der Waals surface area (Å²) in [5, 5.41) is 0. The minimum absolute atomic E-state index is 0.378. The molecule has 0 aromatic carbocycles. The number of nitrogens with zero attached hydrogens (tertiary/aromatic N) is 1. The summed E-state index contributed by atoms with van der Waals surface area (Å²) < 4.78 is 0. The molecule has 0 unspecified atom stereocenters. The average Bonchev–Trinajstić information content (AvgIpc) is 1.94. The molecule has 3 heteroatoms. The molecule has 0 saturated carbocycles. The molecule has 0 bridgehead atoms. The van der Waals surface area contributed by atoms with Gasteiger partial charge >= 0.3 is 0 Å². The van der Waals surface area contributed by atoms with Crippen LogP contribution in [0.3, 0.4) is 0 Å². The molecule has 0 aliphatic rings. The molecule has 0 rings (SSSR count). The molecule has 0 heterocycles. The van der Waals surface area contributed by atoms with E-state index in [9.17, 15) is 0 Å². The molecule has 0 aromatic rings. The Kier molecular flexibility index (Phi) is 5.60. The number of thiocarbonyl (C=S) groups is 1. The molecule has 84 valence electrons. The van der Waals surface area contributed by atoms with Gasteiger partial charge < -0.3 is 5.73 Å². The number of rotatable bonds is 5. The maximum atomic E-state index is 5.56. The van der Waals surface area contributed by atoms with E-state index in [0.717, 1.165) is 13.1 Å². The molecule has 0 aliphatic carbocycles. The van der Waals surface area contributed by atoms with Crippen molar-refractivity contribution in [1.82, 2.24) is 4.90 Å². The maximum absolute atomic E-state index is 5.56. The first kappa shape index (κ1) is 13.8. The Bertz CT molecular complexity index is 182. The topological polar surface area (TPSA) is 29.3 Å². The summed E-state index contributed by atoms with van der Waals surface area (Å²) >= 11 is 4.93. The zero-order chi connectivity index (χ0) is 11.4. The monoisotopic (exact) mass is 216 g/mol. The lowest BCUT2D eigenvalue weighted by molar-refractivity contribution is 0.213. The first-order valence-corrected chi connectivity index (χ1v) is 5.65. The standard InChI is InChI=1S/C11H24N2S/c1-9(2)13(8-10(12)14)7-6-11(3,4)5/h9H,6-8H2,1-5H3,(H2,12,14). The highest BCUT2D eigenvalue weighted by Gasteiger charge is 2.15. The number of hydrogen-bond acceptors (Lipinski definition) is 2. The molecule has 0 saturated heterocycles. The minimum atomic E-state index is 0.378. The molecular weight excluding hydrogens is 192 g/mol. The van der Waals surface area contributed by atoms with Gasteiger partial charge in [-0.1, -0.05) is 33.0 Å². The molecule has 0 amide bonds. The SMILES string of the molecule is CC(C)N(CCC(C)(C)C)CC(N)=S. The summed E-state index contributed by atoms with van der Waals surface area (Å²) in [6.07, 6.45) is 1.17. The smallest absolute Gasteiger partial charge is 0.0870 e. The summed E-state index contributed by atoms with van der Waals surface area (Å²) in [4.78, 5) is 2.92. The van der Waals surface area contributed by atoms with Crippen LogP contribution in [0.2, 0.25) is 0 Å². The van der Waals surface area contributed by atoms with E-state index in [2.05, 4.69) is 39.5 Å². The average molecular weight is 216 g/mol. The normalized spacial score (nSPS) is 12.5. The van der Waals surface area contributed by atoms with Crippen molar-refractivity contribution in [1.29, 1.82) is 0 Å². The van der Waals surface area contributed by atoms with E-state index in [1.807, 2.05) is 0 Å². The van der Waals surface area contributed by atoms with Gasteiger partial charge in [-0.25, -0.2) is 0 Å². The van der Waals surface area contributed by atoms with Gasteiger partial charge in [0.2, 0.25) is 0 Å². The van der Waals surface area contributed by atoms with E-state index in [1.54, 1.807) is 0 Å². The quantitative estimate of drug-likeness (QED) is 0.716. The lowest BCUT2D eigenvalue weighted by Crippen LogP contribution is -2.39. The molecule has 0 fully saturated rings. The molecule has 2 nitrogen and oxygen atoms in total. The fourth-order valence-electron chi connectivity index (χ4n) is 1.20. The van der Waals surface area contributed by atoms with Gasteiger partial charge in [-0.3, -0.25) is 4.90 Å². The summed E-state index contributed by atoms with van der Waals surface area (Å²) in [7, 11) is 0. The van der Waals surface area contributed by atoms with E-state index < -0.39 is 0 Å².